The Labute approximate surface area is 99.2 Å². The summed E-state index contributed by atoms with van der Waals surface area (Å²) >= 11 is 0. The van der Waals surface area contributed by atoms with Crippen molar-refractivity contribution < 1.29 is 14.4 Å². The van der Waals surface area contributed by atoms with Gasteiger partial charge in [-0.05, 0) is 25.7 Å². The van der Waals surface area contributed by atoms with Gasteiger partial charge in [0, 0.05) is 5.41 Å². The lowest BCUT2D eigenvalue weighted by atomic mass is 9.96. The van der Waals surface area contributed by atoms with E-state index in [0.29, 0.717) is 5.89 Å². The number of carboxylic acid groups (broad SMARTS) is 1. The molecule has 0 amide bonds. The highest BCUT2D eigenvalue weighted by molar-refractivity contribution is 5.71. The second-order valence-corrected chi connectivity index (χ2v) is 5.50. The normalized spacial score (nSPS) is 30.4. The van der Waals surface area contributed by atoms with E-state index in [2.05, 4.69) is 17.1 Å². The van der Waals surface area contributed by atoms with Crippen LogP contribution in [-0.4, -0.2) is 21.2 Å². The smallest absolute Gasteiger partial charge is 0.307 e. The number of rotatable bonds is 3. The van der Waals surface area contributed by atoms with Crippen molar-refractivity contribution in [1.82, 2.24) is 10.1 Å². The summed E-state index contributed by atoms with van der Waals surface area (Å²) in [6.07, 6.45) is 4.68. The van der Waals surface area contributed by atoms with Gasteiger partial charge in [-0.25, -0.2) is 0 Å². The van der Waals surface area contributed by atoms with Gasteiger partial charge in [0.1, 0.15) is 0 Å². The second kappa shape index (κ2) is 3.55. The molecule has 17 heavy (non-hydrogen) atoms. The molecule has 5 nitrogen and oxygen atoms in total. The lowest BCUT2D eigenvalue weighted by molar-refractivity contribution is -0.142. The second-order valence-electron chi connectivity index (χ2n) is 5.50. The Bertz CT molecular complexity index is 450. The van der Waals surface area contributed by atoms with Gasteiger partial charge in [-0.15, -0.1) is 0 Å². The molecular weight excluding hydrogens is 220 g/mol. The molecule has 1 N–H and O–H groups in total. The number of aromatic nitrogens is 2. The van der Waals surface area contributed by atoms with E-state index in [9.17, 15) is 4.79 Å². The first-order valence-corrected chi connectivity index (χ1v) is 6.17. The van der Waals surface area contributed by atoms with Crippen LogP contribution < -0.4 is 0 Å². The minimum Gasteiger partial charge on any atom is -0.481 e. The molecule has 2 atom stereocenters. The number of hydrogen-bond donors (Lipinski definition) is 1. The fraction of sp³-hybridized carbons (Fsp3) is 0.750. The molecule has 1 aromatic rings. The highest BCUT2D eigenvalue weighted by Gasteiger charge is 2.45. The molecule has 0 bridgehead atoms. The SMILES string of the molecule is CC1(c2noc(C3CCCC3C(=O)O)n2)CC1. The van der Waals surface area contributed by atoms with Gasteiger partial charge in [0.2, 0.25) is 5.89 Å². The van der Waals surface area contributed by atoms with Gasteiger partial charge in [0.15, 0.2) is 5.82 Å². The quantitative estimate of drug-likeness (QED) is 0.869. The van der Waals surface area contributed by atoms with Gasteiger partial charge in [-0.3, -0.25) is 4.79 Å². The molecule has 2 saturated carbocycles. The zero-order valence-corrected chi connectivity index (χ0v) is 9.85. The van der Waals surface area contributed by atoms with E-state index in [0.717, 1.165) is 37.9 Å². The van der Waals surface area contributed by atoms with Crippen molar-refractivity contribution in [1.29, 1.82) is 0 Å². The third kappa shape index (κ3) is 1.73. The lowest BCUT2D eigenvalue weighted by Gasteiger charge is -2.10. The van der Waals surface area contributed by atoms with Gasteiger partial charge < -0.3 is 9.63 Å². The zero-order chi connectivity index (χ0) is 12.0. The molecule has 2 aliphatic carbocycles. The minimum atomic E-state index is -0.745. The predicted molar refractivity (Wildman–Crippen MR) is 58.6 cm³/mol. The molecule has 2 unspecified atom stereocenters. The highest BCUT2D eigenvalue weighted by atomic mass is 16.5. The van der Waals surface area contributed by atoms with E-state index in [-0.39, 0.29) is 17.3 Å². The third-order valence-corrected chi connectivity index (χ3v) is 4.13. The van der Waals surface area contributed by atoms with Gasteiger partial charge in [-0.1, -0.05) is 18.5 Å². The molecule has 0 aromatic carbocycles. The topological polar surface area (TPSA) is 76.2 Å². The fourth-order valence-electron chi connectivity index (χ4n) is 2.59. The largest absolute Gasteiger partial charge is 0.481 e. The molecule has 0 spiro atoms. The summed E-state index contributed by atoms with van der Waals surface area (Å²) in [5.41, 5.74) is 0.0824. The van der Waals surface area contributed by atoms with E-state index in [1.807, 2.05) is 0 Å². The molecule has 2 aliphatic rings. The molecule has 2 fully saturated rings. The summed E-state index contributed by atoms with van der Waals surface area (Å²) in [4.78, 5) is 15.5. The molecule has 1 heterocycles. The molecule has 92 valence electrons. The molecule has 0 saturated heterocycles. The molecule has 0 aliphatic heterocycles. The Morgan fingerprint density at radius 3 is 2.88 bits per heavy atom. The van der Waals surface area contributed by atoms with E-state index in [4.69, 9.17) is 9.63 Å². The van der Waals surface area contributed by atoms with Gasteiger partial charge >= 0.3 is 5.97 Å². The van der Waals surface area contributed by atoms with Crippen molar-refractivity contribution in [3.05, 3.63) is 11.7 Å². The Morgan fingerprint density at radius 1 is 1.47 bits per heavy atom. The van der Waals surface area contributed by atoms with Crippen LogP contribution in [0.15, 0.2) is 4.52 Å². The Morgan fingerprint density at radius 2 is 2.24 bits per heavy atom. The molecule has 5 heteroatoms. The van der Waals surface area contributed by atoms with Gasteiger partial charge in [0.05, 0.1) is 11.8 Å². The maximum atomic E-state index is 11.1. The Balaban J connectivity index is 1.84. The first-order valence-electron chi connectivity index (χ1n) is 6.17. The number of aliphatic carboxylic acids is 1. The van der Waals surface area contributed by atoms with Crippen molar-refractivity contribution in [3.63, 3.8) is 0 Å². The summed E-state index contributed by atoms with van der Waals surface area (Å²) in [6, 6.07) is 0. The van der Waals surface area contributed by atoms with Crippen molar-refractivity contribution in [2.24, 2.45) is 5.92 Å². The van der Waals surface area contributed by atoms with Crippen LogP contribution in [0.1, 0.15) is 56.7 Å². The molecule has 0 radical (unpaired) electrons. The summed E-state index contributed by atoms with van der Waals surface area (Å²) in [7, 11) is 0. The first-order chi connectivity index (χ1) is 8.10. The molecule has 1 aromatic heterocycles. The van der Waals surface area contributed by atoms with E-state index in [1.165, 1.54) is 0 Å². The van der Waals surface area contributed by atoms with Gasteiger partial charge in [-0.2, -0.15) is 4.98 Å². The first kappa shape index (κ1) is 10.7. The van der Waals surface area contributed by atoms with Crippen molar-refractivity contribution in [2.45, 2.75) is 50.4 Å². The number of carboxylic acids is 1. The molecular formula is C12H16N2O3. The van der Waals surface area contributed by atoms with E-state index in [1.54, 1.807) is 0 Å². The average molecular weight is 236 g/mol. The zero-order valence-electron chi connectivity index (χ0n) is 9.85. The van der Waals surface area contributed by atoms with Crippen LogP contribution in [0, 0.1) is 5.92 Å². The van der Waals surface area contributed by atoms with E-state index < -0.39 is 5.97 Å². The predicted octanol–water partition coefficient (Wildman–Crippen LogP) is 2.09. The number of carbonyl (C=O) groups is 1. The van der Waals surface area contributed by atoms with Crippen LogP contribution in [-0.2, 0) is 10.2 Å². The third-order valence-electron chi connectivity index (χ3n) is 4.13. The summed E-state index contributed by atoms with van der Waals surface area (Å²) in [5.74, 6) is 0.0952. The lowest BCUT2D eigenvalue weighted by Crippen LogP contribution is -2.17. The Kier molecular flexibility index (Phi) is 2.24. The van der Waals surface area contributed by atoms with Crippen LogP contribution in [0.2, 0.25) is 0 Å². The van der Waals surface area contributed by atoms with E-state index >= 15 is 0 Å². The monoisotopic (exact) mass is 236 g/mol. The van der Waals surface area contributed by atoms with Crippen LogP contribution in [0.4, 0.5) is 0 Å². The van der Waals surface area contributed by atoms with Crippen LogP contribution in [0.25, 0.3) is 0 Å². The molecule has 3 rings (SSSR count). The standard InChI is InChI=1S/C12H16N2O3/c1-12(5-6-12)11-13-9(17-14-11)7-3-2-4-8(7)10(15)16/h7-8H,2-6H2,1H3,(H,15,16). The fourth-order valence-corrected chi connectivity index (χ4v) is 2.59. The van der Waals surface area contributed by atoms with Crippen LogP contribution >= 0.6 is 0 Å². The maximum absolute atomic E-state index is 11.1. The van der Waals surface area contributed by atoms with Crippen molar-refractivity contribution in [3.8, 4) is 0 Å². The summed E-state index contributed by atoms with van der Waals surface area (Å²) in [6.45, 7) is 2.12. The van der Waals surface area contributed by atoms with Crippen molar-refractivity contribution >= 4 is 5.97 Å². The average Bonchev–Trinajstić information content (AvgIpc) is 2.77. The Hall–Kier alpha value is -1.39. The summed E-state index contributed by atoms with van der Waals surface area (Å²) in [5, 5.41) is 13.1. The summed E-state index contributed by atoms with van der Waals surface area (Å²) < 4.78 is 5.27. The van der Waals surface area contributed by atoms with Crippen molar-refractivity contribution in [2.75, 3.05) is 0 Å². The number of nitrogens with zero attached hydrogens (tertiary/aromatic N) is 2. The number of hydrogen-bond acceptors (Lipinski definition) is 4. The van der Waals surface area contributed by atoms with Gasteiger partial charge in [0.25, 0.3) is 0 Å². The minimum absolute atomic E-state index is 0.0824. The maximum Gasteiger partial charge on any atom is 0.307 e. The van der Waals surface area contributed by atoms with Crippen LogP contribution in [0.3, 0.4) is 0 Å². The highest BCUT2D eigenvalue weighted by Crippen LogP contribution is 2.47. The van der Waals surface area contributed by atoms with Crippen LogP contribution in [0.5, 0.6) is 0 Å².